The molecule has 3 atom stereocenters. The summed E-state index contributed by atoms with van der Waals surface area (Å²) in [5.41, 5.74) is 0.796. The molecule has 3 unspecified atom stereocenters. The van der Waals surface area contributed by atoms with Crippen molar-refractivity contribution in [1.82, 2.24) is 9.88 Å². The summed E-state index contributed by atoms with van der Waals surface area (Å²) in [6.45, 7) is 2.86. The quantitative estimate of drug-likeness (QED) is 0.901. The van der Waals surface area contributed by atoms with Crippen molar-refractivity contribution >= 4 is 17.3 Å². The van der Waals surface area contributed by atoms with Gasteiger partial charge in [-0.3, -0.25) is 9.69 Å². The number of carbonyl (C=O) groups is 1. The second kappa shape index (κ2) is 4.79. The number of hydrogen-bond donors (Lipinski definition) is 1. The van der Waals surface area contributed by atoms with E-state index in [1.807, 2.05) is 0 Å². The average Bonchev–Trinajstić information content (AvgIpc) is 3.11. The number of nitrogens with zero attached hydrogens (tertiary/aromatic N) is 2. The number of aliphatic carboxylic acids is 1. The van der Waals surface area contributed by atoms with Gasteiger partial charge in [0, 0.05) is 17.5 Å². The summed E-state index contributed by atoms with van der Waals surface area (Å²) in [6.07, 6.45) is 4.08. The third-order valence-corrected chi connectivity index (χ3v) is 5.92. The van der Waals surface area contributed by atoms with Crippen LogP contribution < -0.4 is 0 Å². The van der Waals surface area contributed by atoms with Gasteiger partial charge in [0.05, 0.1) is 12.3 Å². The van der Waals surface area contributed by atoms with Gasteiger partial charge in [0.25, 0.3) is 0 Å². The number of carboxylic acids is 1. The van der Waals surface area contributed by atoms with E-state index < -0.39 is 11.9 Å². The fourth-order valence-corrected chi connectivity index (χ4v) is 4.77. The zero-order chi connectivity index (χ0) is 13.7. The Labute approximate surface area is 121 Å². The van der Waals surface area contributed by atoms with Gasteiger partial charge in [-0.05, 0) is 32.2 Å². The summed E-state index contributed by atoms with van der Waals surface area (Å²) in [7, 11) is 0. The van der Waals surface area contributed by atoms with E-state index in [0.717, 1.165) is 41.7 Å². The maximum atomic E-state index is 11.2. The van der Waals surface area contributed by atoms with E-state index in [2.05, 4.69) is 9.88 Å². The molecule has 3 aliphatic rings. The van der Waals surface area contributed by atoms with Gasteiger partial charge in [0.1, 0.15) is 17.0 Å². The van der Waals surface area contributed by atoms with Gasteiger partial charge in [0.2, 0.25) is 0 Å². The number of aromatic nitrogens is 1. The van der Waals surface area contributed by atoms with Crippen molar-refractivity contribution in [2.75, 3.05) is 19.7 Å². The topological polar surface area (TPSA) is 62.7 Å². The minimum atomic E-state index is -0.746. The molecule has 6 heteroatoms. The summed E-state index contributed by atoms with van der Waals surface area (Å²) in [6, 6.07) is 0.588. The van der Waals surface area contributed by atoms with Crippen LogP contribution in [-0.4, -0.2) is 46.7 Å². The van der Waals surface area contributed by atoms with Crippen LogP contribution in [0.1, 0.15) is 46.9 Å². The Bertz CT molecular complexity index is 545. The van der Waals surface area contributed by atoms with Crippen LogP contribution in [0.3, 0.4) is 0 Å². The second-order valence-electron chi connectivity index (χ2n) is 5.90. The summed E-state index contributed by atoms with van der Waals surface area (Å²) in [5, 5.41) is 10.2. The first-order chi connectivity index (χ1) is 9.72. The molecule has 5 nitrogen and oxygen atoms in total. The fraction of sp³-hybridized carbons (Fsp3) is 0.714. The molecule has 1 aromatic rings. The van der Waals surface area contributed by atoms with Gasteiger partial charge in [0.15, 0.2) is 0 Å². The highest BCUT2D eigenvalue weighted by Crippen LogP contribution is 2.40. The van der Waals surface area contributed by atoms with E-state index in [1.54, 1.807) is 11.3 Å². The van der Waals surface area contributed by atoms with Crippen LogP contribution in [-0.2, 0) is 16.0 Å². The first-order valence-corrected chi connectivity index (χ1v) is 8.12. The lowest BCUT2D eigenvalue weighted by Gasteiger charge is -2.34. The molecule has 0 aromatic carbocycles. The molecule has 0 radical (unpaired) electrons. The van der Waals surface area contributed by atoms with E-state index in [4.69, 9.17) is 4.74 Å². The number of hydrogen-bond acceptors (Lipinski definition) is 5. The molecular formula is C14H18N2O3S. The highest BCUT2D eigenvalue weighted by molar-refractivity contribution is 7.11. The van der Waals surface area contributed by atoms with Crippen LogP contribution in [0.25, 0.3) is 0 Å². The molecule has 20 heavy (non-hydrogen) atoms. The van der Waals surface area contributed by atoms with Crippen LogP contribution in [0.4, 0.5) is 0 Å². The lowest BCUT2D eigenvalue weighted by molar-refractivity contribution is -0.138. The van der Waals surface area contributed by atoms with Gasteiger partial charge in [-0.2, -0.15) is 0 Å². The predicted molar refractivity (Wildman–Crippen MR) is 74.1 cm³/mol. The lowest BCUT2D eigenvalue weighted by Crippen LogP contribution is -2.42. The van der Waals surface area contributed by atoms with E-state index >= 15 is 0 Å². The molecule has 0 bridgehead atoms. The molecule has 1 aromatic heterocycles. The molecule has 2 saturated heterocycles. The Kier molecular flexibility index (Phi) is 3.05. The van der Waals surface area contributed by atoms with E-state index in [9.17, 15) is 9.90 Å². The van der Waals surface area contributed by atoms with Crippen LogP contribution in [0.5, 0.6) is 0 Å². The Morgan fingerprint density at radius 1 is 1.45 bits per heavy atom. The standard InChI is InChI=1S/C14H18N2O3S/c17-14(18)9-3-4-11-12(9)15-13(20-11)10-6-16-5-1-2-8(16)7-19-10/h8-10H,1-7H2,(H,17,18). The maximum Gasteiger partial charge on any atom is 0.312 e. The number of rotatable bonds is 2. The molecule has 1 aliphatic carbocycles. The Balaban J connectivity index is 1.55. The van der Waals surface area contributed by atoms with E-state index in [1.165, 1.54) is 12.8 Å². The molecule has 2 aliphatic heterocycles. The van der Waals surface area contributed by atoms with Crippen LogP contribution in [0.2, 0.25) is 0 Å². The summed E-state index contributed by atoms with van der Waals surface area (Å²) in [5.74, 6) is -1.15. The van der Waals surface area contributed by atoms with Crippen molar-refractivity contribution in [3.05, 3.63) is 15.6 Å². The van der Waals surface area contributed by atoms with Gasteiger partial charge in [-0.25, -0.2) is 4.98 Å². The highest BCUT2D eigenvalue weighted by Gasteiger charge is 2.37. The average molecular weight is 294 g/mol. The number of thiazole rings is 1. The monoisotopic (exact) mass is 294 g/mol. The third-order valence-electron chi connectivity index (χ3n) is 4.70. The maximum absolute atomic E-state index is 11.2. The minimum Gasteiger partial charge on any atom is -0.481 e. The minimum absolute atomic E-state index is 0.0365. The Morgan fingerprint density at radius 2 is 2.35 bits per heavy atom. The van der Waals surface area contributed by atoms with E-state index in [0.29, 0.717) is 12.5 Å². The van der Waals surface area contributed by atoms with Crippen molar-refractivity contribution in [3.63, 3.8) is 0 Å². The number of carboxylic acid groups (broad SMARTS) is 1. The van der Waals surface area contributed by atoms with Crippen molar-refractivity contribution in [2.45, 2.75) is 43.7 Å². The molecule has 1 N–H and O–H groups in total. The van der Waals surface area contributed by atoms with Crippen molar-refractivity contribution < 1.29 is 14.6 Å². The zero-order valence-corrected chi connectivity index (χ0v) is 12.1. The van der Waals surface area contributed by atoms with Crippen LogP contribution >= 0.6 is 11.3 Å². The van der Waals surface area contributed by atoms with Gasteiger partial charge in [-0.15, -0.1) is 11.3 Å². The van der Waals surface area contributed by atoms with Gasteiger partial charge >= 0.3 is 5.97 Å². The molecule has 0 saturated carbocycles. The number of morpholine rings is 1. The number of fused-ring (bicyclic) bond motifs is 2. The highest BCUT2D eigenvalue weighted by atomic mass is 32.1. The van der Waals surface area contributed by atoms with Crippen molar-refractivity contribution in [3.8, 4) is 0 Å². The molecule has 2 fully saturated rings. The summed E-state index contributed by atoms with van der Waals surface area (Å²) >= 11 is 1.66. The zero-order valence-electron chi connectivity index (χ0n) is 11.2. The van der Waals surface area contributed by atoms with E-state index in [-0.39, 0.29) is 6.10 Å². The molecule has 0 spiro atoms. The van der Waals surface area contributed by atoms with Crippen molar-refractivity contribution in [2.24, 2.45) is 0 Å². The van der Waals surface area contributed by atoms with Crippen molar-refractivity contribution in [1.29, 1.82) is 0 Å². The smallest absolute Gasteiger partial charge is 0.312 e. The third kappa shape index (κ3) is 1.98. The SMILES string of the molecule is O=C(O)C1CCc2sc(C3CN4CCCC4CO3)nc21. The number of aryl methyl sites for hydroxylation is 1. The first kappa shape index (κ1) is 12.7. The lowest BCUT2D eigenvalue weighted by atomic mass is 10.1. The molecule has 4 rings (SSSR count). The summed E-state index contributed by atoms with van der Waals surface area (Å²) in [4.78, 5) is 19.5. The molecule has 108 valence electrons. The predicted octanol–water partition coefficient (Wildman–Crippen LogP) is 1.79. The van der Waals surface area contributed by atoms with Gasteiger partial charge in [-0.1, -0.05) is 0 Å². The Hall–Kier alpha value is -0.980. The van der Waals surface area contributed by atoms with Crippen LogP contribution in [0, 0.1) is 0 Å². The first-order valence-electron chi connectivity index (χ1n) is 7.30. The molecular weight excluding hydrogens is 276 g/mol. The largest absolute Gasteiger partial charge is 0.481 e. The summed E-state index contributed by atoms with van der Waals surface area (Å²) < 4.78 is 5.97. The fourth-order valence-electron chi connectivity index (χ4n) is 3.59. The number of ether oxygens (including phenoxy) is 1. The molecule has 0 amide bonds. The van der Waals surface area contributed by atoms with Crippen LogP contribution in [0.15, 0.2) is 0 Å². The van der Waals surface area contributed by atoms with Gasteiger partial charge < -0.3 is 9.84 Å². The Morgan fingerprint density at radius 3 is 3.20 bits per heavy atom. The normalized spacial score (nSPS) is 33.1. The second-order valence-corrected chi connectivity index (χ2v) is 7.02. The molecule has 3 heterocycles.